The van der Waals surface area contributed by atoms with Crippen LogP contribution in [0.4, 0.5) is 17.1 Å². The molecule has 0 radical (unpaired) electrons. The van der Waals surface area contributed by atoms with E-state index in [1.165, 1.54) is 49.7 Å². The van der Waals surface area contributed by atoms with E-state index >= 15 is 0 Å². The van der Waals surface area contributed by atoms with E-state index in [1.807, 2.05) is 12.1 Å². The van der Waals surface area contributed by atoms with Gasteiger partial charge in [-0.05, 0) is 116 Å². The van der Waals surface area contributed by atoms with Gasteiger partial charge >= 0.3 is 0 Å². The van der Waals surface area contributed by atoms with E-state index in [4.69, 9.17) is 8.83 Å². The summed E-state index contributed by atoms with van der Waals surface area (Å²) in [6.45, 7) is 4.70. The molecule has 0 saturated carbocycles. The third kappa shape index (κ3) is 5.54. The molecule has 12 aromatic rings. The van der Waals surface area contributed by atoms with Crippen LogP contribution >= 0.6 is 0 Å². The SMILES string of the molecule is CC1(C)c2ccccc2-c2ccc(N(c3ccc(-c4ccccc4)cc3)c3ccc(-c4cccc5ccc6oc7cc(-c8cccc9c8oc8ccccc89)ccc7c6c45)cc3)cc21. The Kier molecular flexibility index (Phi) is 7.95. The Morgan fingerprint density at radius 1 is 0.344 bits per heavy atom. The fourth-order valence-electron chi connectivity index (χ4n) is 10.5. The summed E-state index contributed by atoms with van der Waals surface area (Å²) in [5, 5.41) is 6.83. The molecule has 302 valence electrons. The van der Waals surface area contributed by atoms with Gasteiger partial charge in [-0.2, -0.15) is 0 Å². The van der Waals surface area contributed by atoms with Crippen LogP contribution in [-0.4, -0.2) is 0 Å². The van der Waals surface area contributed by atoms with Crippen molar-refractivity contribution in [1.29, 1.82) is 0 Å². The molecule has 1 aliphatic rings. The Labute approximate surface area is 371 Å². The van der Waals surface area contributed by atoms with E-state index in [-0.39, 0.29) is 5.41 Å². The predicted molar refractivity (Wildman–Crippen MR) is 267 cm³/mol. The van der Waals surface area contributed by atoms with Crippen LogP contribution in [0.2, 0.25) is 0 Å². The average Bonchev–Trinajstić information content (AvgIpc) is 3.99. The number of hydrogen-bond acceptors (Lipinski definition) is 3. The van der Waals surface area contributed by atoms with Crippen molar-refractivity contribution >= 4 is 71.7 Å². The molecule has 0 saturated heterocycles. The molecule has 3 nitrogen and oxygen atoms in total. The quantitative estimate of drug-likeness (QED) is 0.167. The molecule has 13 rings (SSSR count). The number of anilines is 3. The van der Waals surface area contributed by atoms with Gasteiger partial charge in [0.1, 0.15) is 22.3 Å². The van der Waals surface area contributed by atoms with Crippen molar-refractivity contribution in [3.8, 4) is 44.5 Å². The Balaban J connectivity index is 0.922. The van der Waals surface area contributed by atoms with Crippen molar-refractivity contribution in [1.82, 2.24) is 0 Å². The zero-order valence-electron chi connectivity index (χ0n) is 35.5. The van der Waals surface area contributed by atoms with Crippen LogP contribution in [0.5, 0.6) is 0 Å². The molecule has 1 aliphatic carbocycles. The average molecular weight is 820 g/mol. The first-order chi connectivity index (χ1) is 31.5. The normalized spacial score (nSPS) is 13.0. The number of furan rings is 2. The van der Waals surface area contributed by atoms with Gasteiger partial charge in [-0.3, -0.25) is 0 Å². The van der Waals surface area contributed by atoms with Gasteiger partial charge < -0.3 is 13.7 Å². The Morgan fingerprint density at radius 2 is 0.984 bits per heavy atom. The second-order valence-corrected chi connectivity index (χ2v) is 17.6. The number of para-hydroxylation sites is 2. The van der Waals surface area contributed by atoms with Crippen molar-refractivity contribution in [2.75, 3.05) is 4.90 Å². The van der Waals surface area contributed by atoms with Gasteiger partial charge in [-0.1, -0.05) is 166 Å². The van der Waals surface area contributed by atoms with Crippen LogP contribution in [0.3, 0.4) is 0 Å². The molecule has 0 amide bonds. The maximum Gasteiger partial charge on any atom is 0.143 e. The highest BCUT2D eigenvalue weighted by atomic mass is 16.3. The highest BCUT2D eigenvalue weighted by Crippen LogP contribution is 2.51. The van der Waals surface area contributed by atoms with Crippen molar-refractivity contribution in [2.45, 2.75) is 19.3 Å². The summed E-state index contributed by atoms with van der Waals surface area (Å²) in [6.07, 6.45) is 0. The van der Waals surface area contributed by atoms with Crippen molar-refractivity contribution < 1.29 is 8.83 Å². The van der Waals surface area contributed by atoms with Crippen LogP contribution < -0.4 is 4.90 Å². The first kappa shape index (κ1) is 36.5. The molecular weight excluding hydrogens is 779 g/mol. The summed E-state index contributed by atoms with van der Waals surface area (Å²) in [6, 6.07) is 76.6. The molecule has 64 heavy (non-hydrogen) atoms. The minimum atomic E-state index is -0.115. The van der Waals surface area contributed by atoms with Gasteiger partial charge in [0.05, 0.1) is 0 Å². The molecule has 0 bridgehead atoms. The summed E-state index contributed by atoms with van der Waals surface area (Å²) in [5.74, 6) is 0. The molecule has 0 atom stereocenters. The van der Waals surface area contributed by atoms with Crippen LogP contribution in [0.15, 0.2) is 221 Å². The highest BCUT2D eigenvalue weighted by Gasteiger charge is 2.35. The van der Waals surface area contributed by atoms with Crippen molar-refractivity contribution in [2.24, 2.45) is 0 Å². The molecule has 0 aliphatic heterocycles. The lowest BCUT2D eigenvalue weighted by molar-refractivity contribution is 0.660. The lowest BCUT2D eigenvalue weighted by Crippen LogP contribution is -2.16. The second-order valence-electron chi connectivity index (χ2n) is 17.6. The smallest absolute Gasteiger partial charge is 0.143 e. The lowest BCUT2D eigenvalue weighted by atomic mass is 9.82. The van der Waals surface area contributed by atoms with Gasteiger partial charge in [0.2, 0.25) is 0 Å². The van der Waals surface area contributed by atoms with Gasteiger partial charge in [0, 0.05) is 55.0 Å². The van der Waals surface area contributed by atoms with E-state index in [9.17, 15) is 0 Å². The Hall–Kier alpha value is -8.14. The maximum absolute atomic E-state index is 6.70. The molecule has 0 spiro atoms. The molecule has 2 aromatic heterocycles. The first-order valence-corrected chi connectivity index (χ1v) is 22.1. The fourth-order valence-corrected chi connectivity index (χ4v) is 10.5. The van der Waals surface area contributed by atoms with E-state index in [0.29, 0.717) is 0 Å². The highest BCUT2D eigenvalue weighted by molar-refractivity contribution is 6.23. The minimum absolute atomic E-state index is 0.115. The summed E-state index contributed by atoms with van der Waals surface area (Å²) in [5.41, 5.74) is 18.9. The van der Waals surface area contributed by atoms with Crippen LogP contribution in [-0.2, 0) is 5.41 Å². The third-order valence-corrected chi connectivity index (χ3v) is 13.7. The summed E-state index contributed by atoms with van der Waals surface area (Å²) in [4.78, 5) is 2.40. The monoisotopic (exact) mass is 819 g/mol. The Morgan fingerprint density at radius 3 is 1.83 bits per heavy atom. The molecule has 3 heteroatoms. The molecule has 0 unspecified atom stereocenters. The zero-order valence-corrected chi connectivity index (χ0v) is 35.5. The fraction of sp³-hybridized carbons (Fsp3) is 0.0492. The van der Waals surface area contributed by atoms with Gasteiger partial charge in [-0.15, -0.1) is 0 Å². The van der Waals surface area contributed by atoms with Crippen LogP contribution in [0.25, 0.3) is 99.2 Å². The topological polar surface area (TPSA) is 29.5 Å². The standard InChI is InChI=1S/C61H41NO2/c1-61(2)53-20-8-6-15-48(53)49-34-32-45(37-54(49)61)62(43-28-22-39(23-29-43)38-12-4-3-5-13-38)44-30-24-40(25-31-44)46-17-10-14-41-27-35-56-59(58(41)46)52-33-26-42(36-57(52)63-56)47-18-11-19-51-50-16-7-9-21-55(50)64-60(47)51/h3-37H,1-2H3. The predicted octanol–water partition coefficient (Wildman–Crippen LogP) is 17.4. The van der Waals surface area contributed by atoms with Crippen LogP contribution in [0.1, 0.15) is 25.0 Å². The summed E-state index contributed by atoms with van der Waals surface area (Å²) in [7, 11) is 0. The number of benzene rings is 10. The van der Waals surface area contributed by atoms with Crippen LogP contribution in [0, 0.1) is 0 Å². The summed E-state index contributed by atoms with van der Waals surface area (Å²) >= 11 is 0. The first-order valence-electron chi connectivity index (χ1n) is 22.1. The largest absolute Gasteiger partial charge is 0.456 e. The zero-order chi connectivity index (χ0) is 42.5. The molecule has 0 N–H and O–H groups in total. The van der Waals surface area contributed by atoms with E-state index in [2.05, 4.69) is 219 Å². The molecule has 0 fully saturated rings. The number of fused-ring (bicyclic) bond motifs is 11. The molecular formula is C61H41NO2. The van der Waals surface area contributed by atoms with Gasteiger partial charge in [0.15, 0.2) is 0 Å². The van der Waals surface area contributed by atoms with Crippen molar-refractivity contribution in [3.05, 3.63) is 223 Å². The second kappa shape index (κ2) is 13.9. The lowest BCUT2D eigenvalue weighted by Gasteiger charge is -2.28. The van der Waals surface area contributed by atoms with Gasteiger partial charge in [0.25, 0.3) is 0 Å². The minimum Gasteiger partial charge on any atom is -0.456 e. The van der Waals surface area contributed by atoms with E-state index in [1.54, 1.807) is 0 Å². The van der Waals surface area contributed by atoms with Crippen molar-refractivity contribution in [3.63, 3.8) is 0 Å². The van der Waals surface area contributed by atoms with E-state index in [0.717, 1.165) is 77.6 Å². The maximum atomic E-state index is 6.70. The molecule has 10 aromatic carbocycles. The van der Waals surface area contributed by atoms with Gasteiger partial charge in [-0.25, -0.2) is 0 Å². The number of nitrogens with zero attached hydrogens (tertiary/aromatic N) is 1. The Bertz CT molecular complexity index is 3800. The number of hydrogen-bond donors (Lipinski definition) is 0. The molecule has 2 heterocycles. The number of rotatable bonds is 6. The van der Waals surface area contributed by atoms with E-state index < -0.39 is 0 Å². The third-order valence-electron chi connectivity index (χ3n) is 13.7. The summed E-state index contributed by atoms with van der Waals surface area (Å²) < 4.78 is 13.1.